The van der Waals surface area contributed by atoms with Crippen LogP contribution in [0.25, 0.3) is 0 Å². The van der Waals surface area contributed by atoms with Crippen LogP contribution in [0.4, 0.5) is 0 Å². The van der Waals surface area contributed by atoms with Gasteiger partial charge in [0.15, 0.2) is 15.2 Å². The third kappa shape index (κ3) is 11.3. The standard InChI is InChI=1S/2C4H9.Al.H2O/c2*1-3-4-2;;/h2*1,3-4H2,2H3;;1H2. The number of hydrogen-bond donors (Lipinski definition) is 0. The molecule has 61 valence electrons. The van der Waals surface area contributed by atoms with E-state index in [4.69, 9.17) is 0 Å². The lowest BCUT2D eigenvalue weighted by Gasteiger charge is -1.93. The highest BCUT2D eigenvalue weighted by molar-refractivity contribution is 6.35. The molecule has 10 heavy (non-hydrogen) atoms. The summed E-state index contributed by atoms with van der Waals surface area (Å²) in [6, 6.07) is 0. The molecule has 0 amide bonds. The van der Waals surface area contributed by atoms with Gasteiger partial charge in [0.25, 0.3) is 0 Å². The minimum Gasteiger partial charge on any atom is -0.412 e. The van der Waals surface area contributed by atoms with Crippen LogP contribution in [-0.4, -0.2) is 20.7 Å². The molecule has 0 aliphatic rings. The zero-order chi connectivity index (χ0) is 6.95. The lowest BCUT2D eigenvalue weighted by Crippen LogP contribution is -1.87. The van der Waals surface area contributed by atoms with Gasteiger partial charge in [0.1, 0.15) is 0 Å². The summed E-state index contributed by atoms with van der Waals surface area (Å²) in [6.07, 6.45) is 5.72. The Balaban J connectivity index is 0. The van der Waals surface area contributed by atoms with Crippen LogP contribution in [0.3, 0.4) is 0 Å². The highest BCUT2D eigenvalue weighted by atomic mass is 27.1. The van der Waals surface area contributed by atoms with Crippen molar-refractivity contribution in [2.75, 3.05) is 0 Å². The van der Waals surface area contributed by atoms with Gasteiger partial charge in [-0.3, -0.25) is 0 Å². The molecule has 1 nitrogen and oxygen atoms in total. The smallest absolute Gasteiger partial charge is 0.199 e. The fraction of sp³-hybridized carbons (Fsp3) is 1.00. The quantitative estimate of drug-likeness (QED) is 0.420. The molecule has 0 spiro atoms. The van der Waals surface area contributed by atoms with E-state index in [1.807, 2.05) is 0 Å². The largest absolute Gasteiger partial charge is 0.412 e. The van der Waals surface area contributed by atoms with Crippen molar-refractivity contribution >= 4 is 15.2 Å². The molecular formula is C8H20AlO. The number of unbranched alkanes of at least 4 members (excludes halogenated alkanes) is 2. The van der Waals surface area contributed by atoms with Crippen molar-refractivity contribution in [3.05, 3.63) is 0 Å². The van der Waals surface area contributed by atoms with Gasteiger partial charge in [-0.05, 0) is 0 Å². The average Bonchev–Trinajstić information content (AvgIpc) is 1.89. The van der Waals surface area contributed by atoms with Crippen LogP contribution in [0, 0.1) is 0 Å². The zero-order valence-corrected chi connectivity index (χ0v) is 8.47. The van der Waals surface area contributed by atoms with Crippen LogP contribution in [0.15, 0.2) is 0 Å². The molecule has 0 aromatic carbocycles. The zero-order valence-electron chi connectivity index (χ0n) is 7.32. The van der Waals surface area contributed by atoms with Crippen LogP contribution in [-0.2, 0) is 0 Å². The van der Waals surface area contributed by atoms with Gasteiger partial charge in [0, 0.05) is 0 Å². The van der Waals surface area contributed by atoms with E-state index in [2.05, 4.69) is 13.8 Å². The molecule has 0 rings (SSSR count). The number of hydrogen-bond acceptors (Lipinski definition) is 0. The van der Waals surface area contributed by atoms with Gasteiger partial charge in [0.2, 0.25) is 0 Å². The lowest BCUT2D eigenvalue weighted by molar-refractivity contribution is 0.824. The molecule has 0 bridgehead atoms. The second-order valence-corrected chi connectivity index (χ2v) is 4.31. The summed E-state index contributed by atoms with van der Waals surface area (Å²) in [4.78, 5) is 0. The third-order valence-corrected chi connectivity index (χ3v) is 3.16. The molecule has 0 saturated heterocycles. The predicted molar refractivity (Wildman–Crippen MR) is 48.8 cm³/mol. The second-order valence-electron chi connectivity index (χ2n) is 2.57. The molecule has 0 aliphatic carbocycles. The van der Waals surface area contributed by atoms with Crippen molar-refractivity contribution < 1.29 is 5.48 Å². The summed E-state index contributed by atoms with van der Waals surface area (Å²) in [5, 5.41) is 3.08. The van der Waals surface area contributed by atoms with Crippen LogP contribution < -0.4 is 0 Å². The maximum Gasteiger partial charge on any atom is 0.199 e. The Hall–Kier alpha value is 0.492. The molecule has 0 aromatic heterocycles. The molecule has 0 aliphatic heterocycles. The van der Waals surface area contributed by atoms with Gasteiger partial charge < -0.3 is 5.48 Å². The van der Waals surface area contributed by atoms with E-state index in [1.165, 1.54) is 36.2 Å². The summed E-state index contributed by atoms with van der Waals surface area (Å²) < 4.78 is 0. The Labute approximate surface area is 71.2 Å². The minimum atomic E-state index is 0. The molecule has 0 unspecified atom stereocenters. The van der Waals surface area contributed by atoms with E-state index in [-0.39, 0.29) is 5.48 Å². The molecule has 0 aromatic rings. The molecule has 0 saturated carbocycles. The predicted octanol–water partition coefficient (Wildman–Crippen LogP) is 2.30. The molecule has 2 N–H and O–H groups in total. The first-order valence-corrected chi connectivity index (χ1v) is 5.86. The summed E-state index contributed by atoms with van der Waals surface area (Å²) in [5.41, 5.74) is 0. The van der Waals surface area contributed by atoms with Crippen LogP contribution in [0.5, 0.6) is 0 Å². The fourth-order valence-corrected chi connectivity index (χ4v) is 2.52. The molecule has 1 radical (unpaired) electrons. The average molecular weight is 159 g/mol. The Morgan fingerprint density at radius 2 is 1.30 bits per heavy atom. The lowest BCUT2D eigenvalue weighted by atomic mass is 10.4. The van der Waals surface area contributed by atoms with Gasteiger partial charge in [-0.1, -0.05) is 39.5 Å². The Morgan fingerprint density at radius 3 is 1.60 bits per heavy atom. The van der Waals surface area contributed by atoms with Crippen molar-refractivity contribution in [3.8, 4) is 0 Å². The van der Waals surface area contributed by atoms with Gasteiger partial charge in [0.05, 0.1) is 0 Å². The van der Waals surface area contributed by atoms with Crippen LogP contribution in [0.2, 0.25) is 10.6 Å². The molecular weight excluding hydrogens is 139 g/mol. The summed E-state index contributed by atoms with van der Waals surface area (Å²) in [6.45, 7) is 4.55. The fourth-order valence-electron chi connectivity index (χ4n) is 0.841. The second kappa shape index (κ2) is 12.2. The first-order chi connectivity index (χ1) is 4.41. The first kappa shape index (κ1) is 13.1. The number of rotatable bonds is 6. The Morgan fingerprint density at radius 1 is 0.900 bits per heavy atom. The van der Waals surface area contributed by atoms with Crippen molar-refractivity contribution in [1.82, 2.24) is 0 Å². The van der Waals surface area contributed by atoms with E-state index in [9.17, 15) is 0 Å². The van der Waals surface area contributed by atoms with Gasteiger partial charge >= 0.3 is 0 Å². The van der Waals surface area contributed by atoms with Gasteiger partial charge in [-0.15, -0.1) is 10.6 Å². The van der Waals surface area contributed by atoms with E-state index < -0.39 is 0 Å². The van der Waals surface area contributed by atoms with Crippen LogP contribution in [0.1, 0.15) is 39.5 Å². The van der Waals surface area contributed by atoms with Crippen molar-refractivity contribution in [2.24, 2.45) is 0 Å². The maximum atomic E-state index is 2.28. The molecule has 2 heteroatoms. The topological polar surface area (TPSA) is 31.5 Å². The summed E-state index contributed by atoms with van der Waals surface area (Å²) in [7, 11) is 0. The summed E-state index contributed by atoms with van der Waals surface area (Å²) in [5.74, 6) is 0. The highest BCUT2D eigenvalue weighted by Crippen LogP contribution is 1.99. The monoisotopic (exact) mass is 159 g/mol. The SMILES string of the molecule is CCC[CH2][Al][CH2]CCC.O. The Kier molecular flexibility index (Phi) is 16.0. The molecule has 0 heterocycles. The van der Waals surface area contributed by atoms with Crippen molar-refractivity contribution in [3.63, 3.8) is 0 Å². The Bertz CT molecular complexity index is 42.5. The van der Waals surface area contributed by atoms with E-state index in [0.29, 0.717) is 0 Å². The van der Waals surface area contributed by atoms with Crippen molar-refractivity contribution in [1.29, 1.82) is 0 Å². The minimum absolute atomic E-state index is 0. The summed E-state index contributed by atoms with van der Waals surface area (Å²) >= 11 is 0.818. The van der Waals surface area contributed by atoms with Crippen molar-refractivity contribution in [2.45, 2.75) is 50.1 Å². The first-order valence-electron chi connectivity index (χ1n) is 4.23. The van der Waals surface area contributed by atoms with E-state index in [1.54, 1.807) is 0 Å². The van der Waals surface area contributed by atoms with Gasteiger partial charge in [-0.2, -0.15) is 0 Å². The normalized spacial score (nSPS) is 8.60. The van der Waals surface area contributed by atoms with E-state index >= 15 is 0 Å². The van der Waals surface area contributed by atoms with Gasteiger partial charge in [-0.25, -0.2) is 0 Å². The maximum absolute atomic E-state index is 2.28. The molecule has 0 atom stereocenters. The molecule has 0 fully saturated rings. The van der Waals surface area contributed by atoms with E-state index in [0.717, 1.165) is 15.2 Å². The highest BCUT2D eigenvalue weighted by Gasteiger charge is 1.89. The third-order valence-electron chi connectivity index (χ3n) is 1.52. The van der Waals surface area contributed by atoms with Crippen LogP contribution >= 0.6 is 0 Å².